The Kier molecular flexibility index (Phi) is 6.53. The molecule has 4 aromatic carbocycles. The van der Waals surface area contributed by atoms with Crippen LogP contribution >= 0.6 is 0 Å². The minimum atomic E-state index is -0.500. The van der Waals surface area contributed by atoms with Crippen molar-refractivity contribution in [2.75, 3.05) is 0 Å². The summed E-state index contributed by atoms with van der Waals surface area (Å²) in [5, 5.41) is 0.793. The van der Waals surface area contributed by atoms with E-state index in [1.165, 1.54) is 0 Å². The summed E-state index contributed by atoms with van der Waals surface area (Å²) in [4.78, 5) is 28.9. The van der Waals surface area contributed by atoms with E-state index < -0.39 is 11.7 Å². The number of nitrogens with zero attached hydrogens (tertiary/aromatic N) is 2. The monoisotopic (exact) mass is 458 g/mol. The van der Waals surface area contributed by atoms with Crippen LogP contribution in [0, 0.1) is 0 Å². The van der Waals surface area contributed by atoms with Crippen molar-refractivity contribution >= 4 is 22.6 Å². The molecule has 4 nitrogen and oxygen atoms in total. The summed E-state index contributed by atoms with van der Waals surface area (Å²) in [6.45, 7) is 1.35. The average molecular weight is 459 g/mol. The van der Waals surface area contributed by atoms with Crippen molar-refractivity contribution in [2.24, 2.45) is 0 Å². The average Bonchev–Trinajstić information content (AvgIpc) is 3.27. The number of carbonyl (C=O) groups excluding carboxylic acids is 2. The first-order valence-corrected chi connectivity index (χ1v) is 11.7. The number of benzene rings is 4. The van der Waals surface area contributed by atoms with E-state index in [0.29, 0.717) is 25.2 Å². The fourth-order valence-electron chi connectivity index (χ4n) is 4.40. The van der Waals surface area contributed by atoms with E-state index >= 15 is 0 Å². The lowest BCUT2D eigenvalue weighted by atomic mass is 10.1. The van der Waals surface area contributed by atoms with Gasteiger partial charge in [0, 0.05) is 36.7 Å². The first kappa shape index (κ1) is 22.4. The molecule has 1 heterocycles. The maximum atomic E-state index is 13.6. The summed E-state index contributed by atoms with van der Waals surface area (Å²) >= 11 is 0. The summed E-state index contributed by atoms with van der Waals surface area (Å²) in [5.74, 6) is -0.986. The van der Waals surface area contributed by atoms with Gasteiger partial charge in [-0.3, -0.25) is 9.59 Å². The molecule has 0 N–H and O–H groups in total. The predicted octanol–water partition coefficient (Wildman–Crippen LogP) is 6.10. The summed E-state index contributed by atoms with van der Waals surface area (Å²) in [6, 6.07) is 37.4. The Morgan fingerprint density at radius 1 is 0.600 bits per heavy atom. The lowest BCUT2D eigenvalue weighted by Gasteiger charge is -2.22. The maximum Gasteiger partial charge on any atom is 0.295 e. The van der Waals surface area contributed by atoms with Crippen LogP contribution in [0.25, 0.3) is 10.9 Å². The third-order valence-corrected chi connectivity index (χ3v) is 6.14. The molecule has 172 valence electrons. The fourth-order valence-corrected chi connectivity index (χ4v) is 4.40. The number of hydrogen-bond donors (Lipinski definition) is 0. The Morgan fingerprint density at radius 3 is 1.66 bits per heavy atom. The van der Waals surface area contributed by atoms with Crippen molar-refractivity contribution in [1.29, 1.82) is 0 Å². The van der Waals surface area contributed by atoms with Gasteiger partial charge in [0.15, 0.2) is 0 Å². The second-order valence-electron chi connectivity index (χ2n) is 8.63. The molecule has 0 fully saturated rings. The molecule has 0 bridgehead atoms. The number of ketones is 1. The molecular formula is C31H26N2O2. The smallest absolute Gasteiger partial charge is 0.295 e. The van der Waals surface area contributed by atoms with Crippen LogP contribution in [0.3, 0.4) is 0 Å². The highest BCUT2D eigenvalue weighted by Crippen LogP contribution is 2.24. The van der Waals surface area contributed by atoms with Crippen molar-refractivity contribution in [1.82, 2.24) is 9.47 Å². The molecule has 5 aromatic rings. The van der Waals surface area contributed by atoms with E-state index in [-0.39, 0.29) is 0 Å². The number of amides is 1. The Balaban J connectivity index is 1.48. The molecule has 0 unspecified atom stereocenters. The number of carbonyl (C=O) groups is 2. The number of hydrogen-bond acceptors (Lipinski definition) is 2. The largest absolute Gasteiger partial charge is 0.342 e. The lowest BCUT2D eigenvalue weighted by molar-refractivity contribution is -0.127. The molecule has 1 amide bonds. The molecule has 0 aliphatic heterocycles. The molecule has 0 aliphatic carbocycles. The molecule has 0 radical (unpaired) electrons. The van der Waals surface area contributed by atoms with Crippen LogP contribution in [0.1, 0.15) is 27.0 Å². The molecule has 5 rings (SSSR count). The third kappa shape index (κ3) is 5.07. The normalized spacial score (nSPS) is 10.9. The van der Waals surface area contributed by atoms with Crippen LogP contribution in [0.5, 0.6) is 0 Å². The molecule has 0 atom stereocenters. The van der Waals surface area contributed by atoms with Crippen molar-refractivity contribution in [3.63, 3.8) is 0 Å². The summed E-state index contributed by atoms with van der Waals surface area (Å²) in [6.07, 6.45) is 1.82. The van der Waals surface area contributed by atoms with Crippen molar-refractivity contribution in [3.05, 3.63) is 144 Å². The lowest BCUT2D eigenvalue weighted by Crippen LogP contribution is -2.35. The number of Topliss-reactive ketones (excluding diaryl/α,β-unsaturated/α-hetero) is 1. The summed E-state index contributed by atoms with van der Waals surface area (Å²) < 4.78 is 2.05. The minimum absolute atomic E-state index is 0.364. The van der Waals surface area contributed by atoms with Gasteiger partial charge >= 0.3 is 0 Å². The Morgan fingerprint density at radius 2 is 1.09 bits per heavy atom. The molecule has 4 heteroatoms. The number of para-hydroxylation sites is 1. The fraction of sp³-hybridized carbons (Fsp3) is 0.0968. The zero-order chi connectivity index (χ0) is 24.0. The standard InChI is InChI=1S/C31H26N2O2/c34-30(28-23-32(20-24-12-4-1-5-13-24)29-19-11-10-18-27(28)29)31(35)33(21-25-14-6-2-7-15-25)22-26-16-8-3-9-17-26/h1-19,23H,20-22H2. The van der Waals surface area contributed by atoms with Gasteiger partial charge in [-0.05, 0) is 22.8 Å². The van der Waals surface area contributed by atoms with Gasteiger partial charge in [-0.25, -0.2) is 0 Å². The summed E-state index contributed by atoms with van der Waals surface area (Å²) in [7, 11) is 0. The van der Waals surface area contributed by atoms with Crippen molar-refractivity contribution in [3.8, 4) is 0 Å². The van der Waals surface area contributed by atoms with E-state index in [4.69, 9.17) is 0 Å². The second kappa shape index (κ2) is 10.2. The third-order valence-electron chi connectivity index (χ3n) is 6.14. The summed E-state index contributed by atoms with van der Waals surface area (Å²) in [5.41, 5.74) is 4.47. The van der Waals surface area contributed by atoms with Crippen LogP contribution < -0.4 is 0 Å². The van der Waals surface area contributed by atoms with Crippen LogP contribution in [-0.2, 0) is 24.4 Å². The first-order valence-electron chi connectivity index (χ1n) is 11.7. The van der Waals surface area contributed by atoms with Gasteiger partial charge in [0.05, 0.1) is 5.56 Å². The first-order chi connectivity index (χ1) is 17.2. The van der Waals surface area contributed by atoms with Crippen LogP contribution in [0.2, 0.25) is 0 Å². The van der Waals surface area contributed by atoms with Gasteiger partial charge in [-0.2, -0.15) is 0 Å². The predicted molar refractivity (Wildman–Crippen MR) is 139 cm³/mol. The highest BCUT2D eigenvalue weighted by atomic mass is 16.2. The van der Waals surface area contributed by atoms with Gasteiger partial charge < -0.3 is 9.47 Å². The SMILES string of the molecule is O=C(C(=O)N(Cc1ccccc1)Cc1ccccc1)c1cn(Cc2ccccc2)c2ccccc12. The van der Waals surface area contributed by atoms with Gasteiger partial charge in [0.25, 0.3) is 11.7 Å². The Hall–Kier alpha value is -4.44. The molecular weight excluding hydrogens is 432 g/mol. The topological polar surface area (TPSA) is 42.3 Å². The van der Waals surface area contributed by atoms with E-state index in [1.807, 2.05) is 114 Å². The molecule has 0 spiro atoms. The zero-order valence-electron chi connectivity index (χ0n) is 19.4. The van der Waals surface area contributed by atoms with Crippen molar-refractivity contribution in [2.45, 2.75) is 19.6 Å². The van der Waals surface area contributed by atoms with Crippen LogP contribution in [0.4, 0.5) is 0 Å². The zero-order valence-corrected chi connectivity index (χ0v) is 19.4. The quantitative estimate of drug-likeness (QED) is 0.208. The molecule has 0 saturated carbocycles. The molecule has 0 saturated heterocycles. The molecule has 35 heavy (non-hydrogen) atoms. The van der Waals surface area contributed by atoms with E-state index in [1.54, 1.807) is 4.90 Å². The van der Waals surface area contributed by atoms with Crippen LogP contribution in [-0.4, -0.2) is 21.2 Å². The highest BCUT2D eigenvalue weighted by Gasteiger charge is 2.27. The van der Waals surface area contributed by atoms with E-state index in [9.17, 15) is 9.59 Å². The Labute approximate surface area is 205 Å². The van der Waals surface area contributed by atoms with E-state index in [2.05, 4.69) is 12.1 Å². The van der Waals surface area contributed by atoms with Gasteiger partial charge in [0.1, 0.15) is 0 Å². The van der Waals surface area contributed by atoms with E-state index in [0.717, 1.165) is 27.6 Å². The Bertz CT molecular complexity index is 1400. The molecule has 0 aliphatic rings. The molecule has 1 aromatic heterocycles. The van der Waals surface area contributed by atoms with Gasteiger partial charge in [0.2, 0.25) is 0 Å². The van der Waals surface area contributed by atoms with Crippen molar-refractivity contribution < 1.29 is 9.59 Å². The maximum absolute atomic E-state index is 13.6. The van der Waals surface area contributed by atoms with Gasteiger partial charge in [-0.15, -0.1) is 0 Å². The van der Waals surface area contributed by atoms with Gasteiger partial charge in [-0.1, -0.05) is 109 Å². The second-order valence-corrected chi connectivity index (χ2v) is 8.63. The number of aromatic nitrogens is 1. The number of rotatable bonds is 8. The highest BCUT2D eigenvalue weighted by molar-refractivity contribution is 6.44. The van der Waals surface area contributed by atoms with Crippen LogP contribution in [0.15, 0.2) is 121 Å². The minimum Gasteiger partial charge on any atom is -0.342 e. The number of fused-ring (bicyclic) bond motifs is 1.